The third-order valence-electron chi connectivity index (χ3n) is 9.35. The maximum atomic E-state index is 5.26. The predicted molar refractivity (Wildman–Crippen MR) is 195 cm³/mol. The van der Waals surface area contributed by atoms with Gasteiger partial charge in [0.2, 0.25) is 0 Å². The quantitative estimate of drug-likeness (QED) is 0.190. The van der Waals surface area contributed by atoms with Crippen LogP contribution in [0.3, 0.4) is 0 Å². The Morgan fingerprint density at radius 2 is 1.04 bits per heavy atom. The van der Waals surface area contributed by atoms with Gasteiger partial charge < -0.3 is 0 Å². The first-order valence-corrected chi connectivity index (χ1v) is 15.9. The summed E-state index contributed by atoms with van der Waals surface area (Å²) < 4.78 is 2.16. The third-order valence-corrected chi connectivity index (χ3v) is 9.35. The molecule has 4 heterocycles. The van der Waals surface area contributed by atoms with Crippen LogP contribution in [0.25, 0.3) is 93.7 Å². The Hall–Kier alpha value is -6.39. The molecule has 0 bridgehead atoms. The molecule has 0 amide bonds. The van der Waals surface area contributed by atoms with E-state index in [1.165, 1.54) is 21.7 Å². The van der Waals surface area contributed by atoms with Gasteiger partial charge >= 0.3 is 0 Å². The first-order valence-electron chi connectivity index (χ1n) is 15.9. The lowest BCUT2D eigenvalue weighted by molar-refractivity contribution is 1.22. The molecule has 0 radical (unpaired) electrons. The van der Waals surface area contributed by atoms with Gasteiger partial charge in [0.15, 0.2) is 0 Å². The number of rotatable bonds is 3. The number of fused-ring (bicyclic) bond motifs is 10. The van der Waals surface area contributed by atoms with Crippen molar-refractivity contribution >= 4 is 60.0 Å². The number of hydrogen-bond acceptors (Lipinski definition) is 3. The van der Waals surface area contributed by atoms with Gasteiger partial charge in [0, 0.05) is 38.9 Å². The fraction of sp³-hybridized carbons (Fsp3) is 0. The summed E-state index contributed by atoms with van der Waals surface area (Å²) in [6.45, 7) is 0. The maximum absolute atomic E-state index is 5.26. The molecule has 4 heteroatoms. The second kappa shape index (κ2) is 10.1. The molecule has 0 aliphatic carbocycles. The largest absolute Gasteiger partial charge is 0.298 e. The summed E-state index contributed by atoms with van der Waals surface area (Å²) in [6, 6.07) is 53.3. The highest BCUT2D eigenvalue weighted by molar-refractivity contribution is 6.25. The highest BCUT2D eigenvalue weighted by Gasteiger charge is 2.19. The van der Waals surface area contributed by atoms with E-state index in [0.717, 1.165) is 72.0 Å². The first-order chi connectivity index (χ1) is 23.3. The summed E-state index contributed by atoms with van der Waals surface area (Å²) >= 11 is 0. The Labute approximate surface area is 270 Å². The Morgan fingerprint density at radius 3 is 1.89 bits per heavy atom. The van der Waals surface area contributed by atoms with Crippen molar-refractivity contribution in [2.45, 2.75) is 0 Å². The van der Waals surface area contributed by atoms with Crippen LogP contribution in [0.1, 0.15) is 0 Å². The van der Waals surface area contributed by atoms with E-state index >= 15 is 0 Å². The molecule has 0 saturated carbocycles. The second-order valence-electron chi connectivity index (χ2n) is 12.0. The van der Waals surface area contributed by atoms with Gasteiger partial charge in [-0.2, -0.15) is 0 Å². The minimum absolute atomic E-state index is 0.909. The Balaban J connectivity index is 1.29. The van der Waals surface area contributed by atoms with Crippen LogP contribution in [0.2, 0.25) is 0 Å². The van der Waals surface area contributed by atoms with Crippen molar-refractivity contribution in [2.75, 3.05) is 0 Å². The number of aromatic nitrogens is 4. The van der Waals surface area contributed by atoms with Crippen LogP contribution in [0.15, 0.2) is 158 Å². The first kappa shape index (κ1) is 25.9. The van der Waals surface area contributed by atoms with Gasteiger partial charge in [-0.1, -0.05) is 115 Å². The van der Waals surface area contributed by atoms with Gasteiger partial charge in [-0.05, 0) is 58.3 Å². The predicted octanol–water partition coefficient (Wildman–Crippen LogP) is 10.9. The minimum atomic E-state index is 0.909. The molecule has 4 nitrogen and oxygen atoms in total. The van der Waals surface area contributed by atoms with Crippen molar-refractivity contribution in [1.29, 1.82) is 0 Å². The Bertz CT molecular complexity index is 2850. The van der Waals surface area contributed by atoms with E-state index in [-0.39, 0.29) is 0 Å². The molecule has 0 spiro atoms. The van der Waals surface area contributed by atoms with E-state index in [4.69, 9.17) is 15.0 Å². The molecule has 0 aliphatic heterocycles. The van der Waals surface area contributed by atoms with E-state index in [2.05, 4.69) is 144 Å². The average molecular weight is 599 g/mol. The van der Waals surface area contributed by atoms with E-state index in [1.54, 1.807) is 0 Å². The highest BCUT2D eigenvalue weighted by atomic mass is 15.0. The summed E-state index contributed by atoms with van der Waals surface area (Å²) in [5.41, 5.74) is 11.2. The molecule has 10 rings (SSSR count). The lowest BCUT2D eigenvalue weighted by Gasteiger charge is -2.16. The molecule has 0 fully saturated rings. The van der Waals surface area contributed by atoms with Crippen LogP contribution >= 0.6 is 0 Å². The zero-order valence-electron chi connectivity index (χ0n) is 25.3. The molecular formula is C43H26N4. The molecule has 0 N–H and O–H groups in total. The zero-order chi connectivity index (χ0) is 30.9. The summed E-state index contributed by atoms with van der Waals surface area (Å²) in [7, 11) is 0. The van der Waals surface area contributed by atoms with Gasteiger partial charge in [0.05, 0.1) is 27.9 Å². The number of imidazole rings is 1. The van der Waals surface area contributed by atoms with Crippen LogP contribution in [-0.2, 0) is 0 Å². The van der Waals surface area contributed by atoms with Crippen LogP contribution < -0.4 is 0 Å². The fourth-order valence-electron chi connectivity index (χ4n) is 7.26. The molecule has 4 aromatic heterocycles. The van der Waals surface area contributed by atoms with Gasteiger partial charge in [0.1, 0.15) is 11.2 Å². The van der Waals surface area contributed by atoms with Crippen LogP contribution in [0.5, 0.6) is 0 Å². The van der Waals surface area contributed by atoms with Crippen molar-refractivity contribution in [3.8, 4) is 33.6 Å². The van der Waals surface area contributed by atoms with Crippen molar-refractivity contribution in [2.24, 2.45) is 0 Å². The number of benzene rings is 6. The van der Waals surface area contributed by atoms with Gasteiger partial charge in [-0.3, -0.25) is 4.40 Å². The Kier molecular flexibility index (Phi) is 5.54. The maximum Gasteiger partial charge on any atom is 0.137 e. The van der Waals surface area contributed by atoms with E-state index in [0.29, 0.717) is 0 Å². The molecule has 0 saturated heterocycles. The van der Waals surface area contributed by atoms with Crippen LogP contribution in [0.4, 0.5) is 0 Å². The lowest BCUT2D eigenvalue weighted by atomic mass is 9.89. The van der Waals surface area contributed by atoms with Crippen LogP contribution in [0, 0.1) is 0 Å². The molecule has 6 aromatic carbocycles. The smallest absolute Gasteiger partial charge is 0.137 e. The monoisotopic (exact) mass is 598 g/mol. The zero-order valence-corrected chi connectivity index (χ0v) is 25.3. The van der Waals surface area contributed by atoms with Gasteiger partial charge in [0.25, 0.3) is 0 Å². The number of para-hydroxylation sites is 2. The van der Waals surface area contributed by atoms with Crippen molar-refractivity contribution in [1.82, 2.24) is 19.4 Å². The molecule has 0 atom stereocenters. The second-order valence-corrected chi connectivity index (χ2v) is 12.0. The van der Waals surface area contributed by atoms with Gasteiger partial charge in [-0.15, -0.1) is 0 Å². The SMILES string of the molecule is c1ccc(-c2nc3ccccc3c3c2cc(-c2cccc(-c4nc5ccccc5c5nc6ccccn6c45)c2)c2ccccc23)cc1. The molecule has 10 aromatic rings. The summed E-state index contributed by atoms with van der Waals surface area (Å²) in [6.07, 6.45) is 2.08. The van der Waals surface area contributed by atoms with E-state index < -0.39 is 0 Å². The van der Waals surface area contributed by atoms with Crippen LogP contribution in [-0.4, -0.2) is 19.4 Å². The van der Waals surface area contributed by atoms with Crippen molar-refractivity contribution < 1.29 is 0 Å². The number of nitrogens with zero attached hydrogens (tertiary/aromatic N) is 4. The van der Waals surface area contributed by atoms with Crippen molar-refractivity contribution in [3.63, 3.8) is 0 Å². The molecule has 0 unspecified atom stereocenters. The minimum Gasteiger partial charge on any atom is -0.298 e. The summed E-state index contributed by atoms with van der Waals surface area (Å²) in [4.78, 5) is 15.6. The van der Waals surface area contributed by atoms with E-state index in [1.807, 2.05) is 18.2 Å². The topological polar surface area (TPSA) is 43.1 Å². The summed E-state index contributed by atoms with van der Waals surface area (Å²) in [5, 5.41) is 7.01. The van der Waals surface area contributed by atoms with Crippen molar-refractivity contribution in [3.05, 3.63) is 158 Å². The Morgan fingerprint density at radius 1 is 0.404 bits per heavy atom. The normalized spacial score (nSPS) is 11.8. The fourth-order valence-corrected chi connectivity index (χ4v) is 7.26. The molecule has 47 heavy (non-hydrogen) atoms. The number of hydrogen-bond donors (Lipinski definition) is 0. The average Bonchev–Trinajstić information content (AvgIpc) is 3.54. The van der Waals surface area contributed by atoms with E-state index in [9.17, 15) is 0 Å². The third kappa shape index (κ3) is 3.92. The molecule has 218 valence electrons. The number of pyridine rings is 3. The lowest BCUT2D eigenvalue weighted by Crippen LogP contribution is -1.94. The van der Waals surface area contributed by atoms with Gasteiger partial charge in [-0.25, -0.2) is 15.0 Å². The molecular weight excluding hydrogens is 573 g/mol. The highest BCUT2D eigenvalue weighted by Crippen LogP contribution is 2.42. The molecule has 0 aliphatic rings. The standard InChI is InChI=1S/C43H26N4/c1-2-13-27(14-3-1)40-35-26-34(30-17-4-5-18-31(30)39(35)32-19-6-8-21-36(32)44-40)28-15-12-16-29(25-28)41-43-42(33-20-7-9-22-37(33)45-41)46-38-23-10-11-24-47(38)43/h1-26H. The summed E-state index contributed by atoms with van der Waals surface area (Å²) in [5.74, 6) is 0.